The number of fused-ring (bicyclic) bond motifs is 1. The highest BCUT2D eigenvalue weighted by Crippen LogP contribution is 2.19. The van der Waals surface area contributed by atoms with Crippen LogP contribution in [-0.2, 0) is 13.1 Å². The SMILES string of the molecule is COc1cc2ccn(CCn3cc(N)cn3)c2cn1. The Morgan fingerprint density at radius 3 is 2.95 bits per heavy atom. The minimum absolute atomic E-state index is 0.630. The lowest BCUT2D eigenvalue weighted by atomic mass is 10.3. The fraction of sp³-hybridized carbons (Fsp3) is 0.231. The summed E-state index contributed by atoms with van der Waals surface area (Å²) >= 11 is 0. The van der Waals surface area contributed by atoms with E-state index in [1.54, 1.807) is 13.3 Å². The van der Waals surface area contributed by atoms with E-state index in [4.69, 9.17) is 10.5 Å². The summed E-state index contributed by atoms with van der Waals surface area (Å²) in [7, 11) is 1.62. The first-order valence-corrected chi connectivity index (χ1v) is 6.03. The number of aromatic nitrogens is 4. The van der Waals surface area contributed by atoms with Crippen molar-refractivity contribution in [2.45, 2.75) is 13.1 Å². The third-order valence-electron chi connectivity index (χ3n) is 3.06. The number of hydrogen-bond donors (Lipinski definition) is 1. The van der Waals surface area contributed by atoms with Crippen LogP contribution in [0.3, 0.4) is 0 Å². The summed E-state index contributed by atoms with van der Waals surface area (Å²) in [5.41, 5.74) is 7.40. The molecule has 3 aromatic rings. The summed E-state index contributed by atoms with van der Waals surface area (Å²) in [6.45, 7) is 1.59. The standard InChI is InChI=1S/C13H15N5O/c1-19-13-6-10-2-3-17(12(10)8-15-13)4-5-18-9-11(14)7-16-18/h2-3,6-9H,4-5,14H2,1H3. The number of nitrogen functional groups attached to an aromatic ring is 1. The Balaban J connectivity index is 1.81. The van der Waals surface area contributed by atoms with Crippen molar-refractivity contribution in [3.63, 3.8) is 0 Å². The molecule has 2 N–H and O–H groups in total. The summed E-state index contributed by atoms with van der Waals surface area (Å²) in [4.78, 5) is 4.23. The van der Waals surface area contributed by atoms with Crippen LogP contribution in [-0.4, -0.2) is 26.4 Å². The quantitative estimate of drug-likeness (QED) is 0.769. The van der Waals surface area contributed by atoms with Crippen molar-refractivity contribution >= 4 is 16.6 Å². The van der Waals surface area contributed by atoms with Crippen molar-refractivity contribution in [1.82, 2.24) is 19.3 Å². The molecule has 0 aliphatic rings. The van der Waals surface area contributed by atoms with Gasteiger partial charge in [-0.2, -0.15) is 5.10 Å². The van der Waals surface area contributed by atoms with Crippen molar-refractivity contribution in [2.24, 2.45) is 0 Å². The number of methoxy groups -OCH3 is 1. The maximum atomic E-state index is 5.64. The van der Waals surface area contributed by atoms with Gasteiger partial charge in [-0.25, -0.2) is 4.98 Å². The summed E-state index contributed by atoms with van der Waals surface area (Å²) in [5, 5.41) is 5.28. The highest BCUT2D eigenvalue weighted by Gasteiger charge is 2.04. The van der Waals surface area contributed by atoms with E-state index < -0.39 is 0 Å². The van der Waals surface area contributed by atoms with E-state index in [0.29, 0.717) is 11.6 Å². The number of ether oxygens (including phenoxy) is 1. The second kappa shape index (κ2) is 4.64. The first-order valence-electron chi connectivity index (χ1n) is 6.03. The maximum Gasteiger partial charge on any atom is 0.213 e. The van der Waals surface area contributed by atoms with Gasteiger partial charge < -0.3 is 15.0 Å². The monoisotopic (exact) mass is 257 g/mol. The van der Waals surface area contributed by atoms with Crippen molar-refractivity contribution < 1.29 is 4.74 Å². The lowest BCUT2D eigenvalue weighted by Crippen LogP contribution is -2.06. The van der Waals surface area contributed by atoms with Crippen molar-refractivity contribution in [3.8, 4) is 5.88 Å². The van der Waals surface area contributed by atoms with Gasteiger partial charge in [-0.05, 0) is 6.07 Å². The molecular formula is C13H15N5O. The van der Waals surface area contributed by atoms with Gasteiger partial charge in [0.15, 0.2) is 0 Å². The molecule has 0 aliphatic carbocycles. The molecule has 6 nitrogen and oxygen atoms in total. The number of nitrogens with two attached hydrogens (primary N) is 1. The lowest BCUT2D eigenvalue weighted by molar-refractivity contribution is 0.398. The number of aryl methyl sites for hydroxylation is 2. The normalized spacial score (nSPS) is 11.0. The van der Waals surface area contributed by atoms with Gasteiger partial charge in [0.1, 0.15) is 0 Å². The van der Waals surface area contributed by atoms with Gasteiger partial charge in [-0.15, -0.1) is 0 Å². The topological polar surface area (TPSA) is 70.9 Å². The van der Waals surface area contributed by atoms with Gasteiger partial charge >= 0.3 is 0 Å². The molecule has 0 aromatic carbocycles. The number of hydrogen-bond acceptors (Lipinski definition) is 4. The molecule has 0 saturated carbocycles. The van der Waals surface area contributed by atoms with Crippen LogP contribution in [0.5, 0.6) is 5.88 Å². The van der Waals surface area contributed by atoms with Crippen LogP contribution >= 0.6 is 0 Å². The van der Waals surface area contributed by atoms with Crippen molar-refractivity contribution in [3.05, 3.63) is 36.9 Å². The molecule has 0 atom stereocenters. The van der Waals surface area contributed by atoms with Gasteiger partial charge in [0.2, 0.25) is 5.88 Å². The second-order valence-corrected chi connectivity index (χ2v) is 4.33. The van der Waals surface area contributed by atoms with Gasteiger partial charge in [-0.1, -0.05) is 0 Å². The van der Waals surface area contributed by atoms with Crippen LogP contribution < -0.4 is 10.5 Å². The Kier molecular flexibility index (Phi) is 2.83. The summed E-state index contributed by atoms with van der Waals surface area (Å²) in [6, 6.07) is 3.98. The second-order valence-electron chi connectivity index (χ2n) is 4.33. The molecule has 0 amide bonds. The third kappa shape index (κ3) is 2.24. The highest BCUT2D eigenvalue weighted by molar-refractivity contribution is 5.80. The molecule has 0 saturated heterocycles. The fourth-order valence-electron chi connectivity index (χ4n) is 2.09. The number of rotatable bonds is 4. The van der Waals surface area contributed by atoms with E-state index in [-0.39, 0.29) is 0 Å². The molecule has 0 aliphatic heterocycles. The predicted molar refractivity (Wildman–Crippen MR) is 72.9 cm³/mol. The van der Waals surface area contributed by atoms with Gasteiger partial charge in [0.05, 0.1) is 37.3 Å². The van der Waals surface area contributed by atoms with Crippen LogP contribution in [0, 0.1) is 0 Å². The molecule has 3 heterocycles. The molecular weight excluding hydrogens is 242 g/mol. The molecule has 3 aromatic heterocycles. The Bertz CT molecular complexity index is 700. The molecule has 0 spiro atoms. The molecule has 3 rings (SSSR count). The minimum Gasteiger partial charge on any atom is -0.481 e. The van der Waals surface area contributed by atoms with Crippen LogP contribution in [0.2, 0.25) is 0 Å². The summed E-state index contributed by atoms with van der Waals surface area (Å²) in [5.74, 6) is 0.630. The van der Waals surface area contributed by atoms with Gasteiger partial charge in [-0.3, -0.25) is 4.68 Å². The number of anilines is 1. The number of nitrogens with zero attached hydrogens (tertiary/aromatic N) is 4. The zero-order valence-corrected chi connectivity index (χ0v) is 10.7. The summed E-state index contributed by atoms with van der Waals surface area (Å²) < 4.78 is 9.09. The van der Waals surface area contributed by atoms with Crippen LogP contribution in [0.4, 0.5) is 5.69 Å². The molecule has 0 radical (unpaired) electrons. The van der Waals surface area contributed by atoms with Gasteiger partial charge in [0.25, 0.3) is 0 Å². The molecule has 0 unspecified atom stereocenters. The van der Waals surface area contributed by atoms with E-state index in [0.717, 1.165) is 24.0 Å². The van der Waals surface area contributed by atoms with Crippen molar-refractivity contribution in [2.75, 3.05) is 12.8 Å². The van der Waals surface area contributed by atoms with Crippen LogP contribution in [0.25, 0.3) is 10.9 Å². The highest BCUT2D eigenvalue weighted by atomic mass is 16.5. The first kappa shape index (κ1) is 11.6. The lowest BCUT2D eigenvalue weighted by Gasteiger charge is -2.06. The molecule has 6 heteroatoms. The van der Waals surface area contributed by atoms with Gasteiger partial charge in [0, 0.05) is 30.4 Å². The molecule has 0 bridgehead atoms. The number of pyridine rings is 1. The van der Waals surface area contributed by atoms with E-state index in [1.807, 2.05) is 29.3 Å². The van der Waals surface area contributed by atoms with Crippen molar-refractivity contribution in [1.29, 1.82) is 0 Å². The Labute approximate surface area is 110 Å². The molecule has 98 valence electrons. The average Bonchev–Trinajstić information content (AvgIpc) is 3.02. The molecule has 19 heavy (non-hydrogen) atoms. The first-order chi connectivity index (χ1) is 9.26. The maximum absolute atomic E-state index is 5.64. The zero-order chi connectivity index (χ0) is 13.2. The third-order valence-corrected chi connectivity index (χ3v) is 3.06. The largest absolute Gasteiger partial charge is 0.481 e. The van der Waals surface area contributed by atoms with E-state index in [1.165, 1.54) is 0 Å². The predicted octanol–water partition coefficient (Wildman–Crippen LogP) is 1.52. The Hall–Kier alpha value is -2.50. The summed E-state index contributed by atoms with van der Waals surface area (Å²) in [6.07, 6.45) is 7.34. The average molecular weight is 257 g/mol. The van der Waals surface area contributed by atoms with E-state index >= 15 is 0 Å². The van der Waals surface area contributed by atoms with Crippen LogP contribution in [0.1, 0.15) is 0 Å². The smallest absolute Gasteiger partial charge is 0.213 e. The molecule has 0 fully saturated rings. The fourth-order valence-corrected chi connectivity index (χ4v) is 2.09. The van der Waals surface area contributed by atoms with E-state index in [2.05, 4.69) is 20.7 Å². The Morgan fingerprint density at radius 2 is 2.21 bits per heavy atom. The zero-order valence-electron chi connectivity index (χ0n) is 10.7. The Morgan fingerprint density at radius 1 is 1.32 bits per heavy atom. The minimum atomic E-state index is 0.630. The van der Waals surface area contributed by atoms with Crippen LogP contribution in [0.15, 0.2) is 36.9 Å². The van der Waals surface area contributed by atoms with E-state index in [9.17, 15) is 0 Å².